The first-order chi connectivity index (χ1) is 10.0. The zero-order valence-corrected chi connectivity index (χ0v) is 13.1. The molecule has 21 heavy (non-hydrogen) atoms. The summed E-state index contributed by atoms with van der Waals surface area (Å²) in [4.78, 5) is 23.8. The molecule has 1 saturated carbocycles. The van der Waals surface area contributed by atoms with Crippen LogP contribution < -0.4 is 4.74 Å². The molecule has 0 bridgehead atoms. The number of carbonyl (C=O) groups is 2. The molecule has 110 valence electrons. The van der Waals surface area contributed by atoms with Gasteiger partial charge in [-0.3, -0.25) is 9.59 Å². The molecule has 0 aromatic heterocycles. The standard InChI is InChI=1S/C15H14BrNO4/c1-20-9-21-13-3-2-10(16)6-12(13)15(8-17)5-4-11(18)7-14(15)19/h2-3,6H,4-5,7,9H2,1H3/t15-/m0/s1. The summed E-state index contributed by atoms with van der Waals surface area (Å²) in [5.74, 6) is -0.0776. The van der Waals surface area contributed by atoms with E-state index in [0.29, 0.717) is 11.3 Å². The first-order valence-electron chi connectivity index (χ1n) is 6.41. The number of Topliss-reactive ketones (excluding diaryl/α,β-unsaturated/α-hetero) is 2. The minimum atomic E-state index is -1.33. The summed E-state index contributed by atoms with van der Waals surface area (Å²) in [6.45, 7) is 0.0171. The van der Waals surface area contributed by atoms with Crippen molar-refractivity contribution >= 4 is 27.5 Å². The molecule has 1 aliphatic carbocycles. The molecule has 1 aromatic rings. The number of carbonyl (C=O) groups excluding carboxylic acids is 2. The van der Waals surface area contributed by atoms with E-state index in [1.165, 1.54) is 7.11 Å². The quantitative estimate of drug-likeness (QED) is 0.615. The van der Waals surface area contributed by atoms with Gasteiger partial charge in [-0.05, 0) is 24.6 Å². The van der Waals surface area contributed by atoms with Crippen molar-refractivity contribution in [2.75, 3.05) is 13.9 Å². The van der Waals surface area contributed by atoms with Crippen LogP contribution >= 0.6 is 15.9 Å². The lowest BCUT2D eigenvalue weighted by molar-refractivity contribution is -0.132. The summed E-state index contributed by atoms with van der Waals surface area (Å²) < 4.78 is 11.1. The largest absolute Gasteiger partial charge is 0.467 e. The summed E-state index contributed by atoms with van der Waals surface area (Å²) in [6.07, 6.45) is 0.195. The molecule has 0 aliphatic heterocycles. The van der Waals surface area contributed by atoms with Gasteiger partial charge in [0, 0.05) is 23.6 Å². The van der Waals surface area contributed by atoms with Crippen LogP contribution in [0.5, 0.6) is 5.75 Å². The van der Waals surface area contributed by atoms with E-state index in [4.69, 9.17) is 9.47 Å². The van der Waals surface area contributed by atoms with Crippen molar-refractivity contribution in [3.63, 3.8) is 0 Å². The Kier molecular flexibility index (Phi) is 4.76. The van der Waals surface area contributed by atoms with Gasteiger partial charge < -0.3 is 9.47 Å². The molecular weight excluding hydrogens is 338 g/mol. The fraction of sp³-hybridized carbons (Fsp3) is 0.400. The molecule has 0 radical (unpaired) electrons. The molecule has 2 rings (SSSR count). The summed E-state index contributed by atoms with van der Waals surface area (Å²) in [6, 6.07) is 7.24. The average Bonchev–Trinajstić information content (AvgIpc) is 2.47. The van der Waals surface area contributed by atoms with E-state index in [1.807, 2.05) is 0 Å². The van der Waals surface area contributed by atoms with Gasteiger partial charge in [0.15, 0.2) is 12.6 Å². The lowest BCUT2D eigenvalue weighted by Crippen LogP contribution is -2.40. The lowest BCUT2D eigenvalue weighted by atomic mass is 9.69. The summed E-state index contributed by atoms with van der Waals surface area (Å²) >= 11 is 3.34. The molecule has 0 heterocycles. The molecule has 0 amide bonds. The number of halogens is 1. The van der Waals surface area contributed by atoms with Crippen molar-refractivity contribution in [1.29, 1.82) is 5.26 Å². The Balaban J connectivity index is 2.51. The van der Waals surface area contributed by atoms with Crippen molar-refractivity contribution in [2.45, 2.75) is 24.7 Å². The van der Waals surface area contributed by atoms with Crippen LogP contribution in [-0.4, -0.2) is 25.5 Å². The van der Waals surface area contributed by atoms with E-state index in [9.17, 15) is 14.9 Å². The Morgan fingerprint density at radius 3 is 2.81 bits per heavy atom. The third kappa shape index (κ3) is 2.99. The number of ether oxygens (including phenoxy) is 2. The molecule has 1 aliphatic rings. The highest BCUT2D eigenvalue weighted by atomic mass is 79.9. The van der Waals surface area contributed by atoms with Gasteiger partial charge in [-0.15, -0.1) is 0 Å². The van der Waals surface area contributed by atoms with Gasteiger partial charge in [0.05, 0.1) is 12.5 Å². The van der Waals surface area contributed by atoms with Crippen molar-refractivity contribution in [2.24, 2.45) is 0 Å². The van der Waals surface area contributed by atoms with Crippen LogP contribution in [0.15, 0.2) is 22.7 Å². The van der Waals surface area contributed by atoms with Gasteiger partial charge in [0.2, 0.25) is 0 Å². The molecule has 0 saturated heterocycles. The zero-order valence-electron chi connectivity index (χ0n) is 11.5. The van der Waals surface area contributed by atoms with E-state index in [2.05, 4.69) is 22.0 Å². The van der Waals surface area contributed by atoms with Crippen LogP contribution in [0.3, 0.4) is 0 Å². The van der Waals surface area contributed by atoms with Gasteiger partial charge in [-0.25, -0.2) is 0 Å². The van der Waals surface area contributed by atoms with E-state index in [0.717, 1.165) is 4.47 Å². The monoisotopic (exact) mass is 351 g/mol. The Labute approximate surface area is 131 Å². The number of nitrogens with zero attached hydrogens (tertiary/aromatic N) is 1. The second kappa shape index (κ2) is 6.37. The normalized spacial score (nSPS) is 22.0. The maximum absolute atomic E-state index is 12.4. The first kappa shape index (κ1) is 15.7. The van der Waals surface area contributed by atoms with Crippen LogP contribution in [0.1, 0.15) is 24.8 Å². The van der Waals surface area contributed by atoms with Gasteiger partial charge in [-0.2, -0.15) is 5.26 Å². The number of hydrogen-bond donors (Lipinski definition) is 0. The molecule has 1 aromatic carbocycles. The molecular formula is C15H14BrNO4. The van der Waals surface area contributed by atoms with Crippen molar-refractivity contribution in [1.82, 2.24) is 0 Å². The second-order valence-electron chi connectivity index (χ2n) is 4.85. The van der Waals surface area contributed by atoms with Crippen LogP contribution in [-0.2, 0) is 19.7 Å². The van der Waals surface area contributed by atoms with E-state index in [-0.39, 0.29) is 37.6 Å². The van der Waals surface area contributed by atoms with Crippen LogP contribution in [0.25, 0.3) is 0 Å². The predicted octanol–water partition coefficient (Wildman–Crippen LogP) is 2.52. The highest BCUT2D eigenvalue weighted by molar-refractivity contribution is 9.10. The highest BCUT2D eigenvalue weighted by Crippen LogP contribution is 2.41. The SMILES string of the molecule is COCOc1ccc(Br)cc1[C@@]1(C#N)CCC(=O)CC1=O. The first-order valence-corrected chi connectivity index (χ1v) is 7.21. The number of rotatable bonds is 4. The topological polar surface area (TPSA) is 76.4 Å². The molecule has 5 nitrogen and oxygen atoms in total. The van der Waals surface area contributed by atoms with Gasteiger partial charge >= 0.3 is 0 Å². The van der Waals surface area contributed by atoms with Crippen LogP contribution in [0.4, 0.5) is 0 Å². The fourth-order valence-corrected chi connectivity index (χ4v) is 2.79. The van der Waals surface area contributed by atoms with Gasteiger partial charge in [0.1, 0.15) is 16.9 Å². The summed E-state index contributed by atoms with van der Waals surface area (Å²) in [5.41, 5.74) is -0.852. The smallest absolute Gasteiger partial charge is 0.188 e. The minimum absolute atomic E-state index is 0.0171. The van der Waals surface area contributed by atoms with Crippen molar-refractivity contribution in [3.8, 4) is 11.8 Å². The molecule has 0 spiro atoms. The zero-order chi connectivity index (χ0) is 15.5. The highest BCUT2D eigenvalue weighted by Gasteiger charge is 2.46. The Morgan fingerprint density at radius 1 is 1.43 bits per heavy atom. The minimum Gasteiger partial charge on any atom is -0.467 e. The number of ketones is 2. The Morgan fingerprint density at radius 2 is 2.19 bits per heavy atom. The van der Waals surface area contributed by atoms with Gasteiger partial charge in [0.25, 0.3) is 0 Å². The maximum atomic E-state index is 12.4. The number of hydrogen-bond acceptors (Lipinski definition) is 5. The number of benzene rings is 1. The molecule has 0 unspecified atom stereocenters. The molecule has 0 N–H and O–H groups in total. The molecule has 1 fully saturated rings. The van der Waals surface area contributed by atoms with Crippen molar-refractivity contribution in [3.05, 3.63) is 28.2 Å². The average molecular weight is 352 g/mol. The van der Waals surface area contributed by atoms with E-state index < -0.39 is 5.41 Å². The van der Waals surface area contributed by atoms with E-state index >= 15 is 0 Å². The number of nitriles is 1. The maximum Gasteiger partial charge on any atom is 0.188 e. The number of methoxy groups -OCH3 is 1. The van der Waals surface area contributed by atoms with Crippen LogP contribution in [0, 0.1) is 11.3 Å². The van der Waals surface area contributed by atoms with Crippen LogP contribution in [0.2, 0.25) is 0 Å². The summed E-state index contributed by atoms with van der Waals surface area (Å²) in [5, 5.41) is 9.61. The predicted molar refractivity (Wildman–Crippen MR) is 77.8 cm³/mol. The van der Waals surface area contributed by atoms with E-state index in [1.54, 1.807) is 18.2 Å². The third-order valence-electron chi connectivity index (χ3n) is 3.54. The van der Waals surface area contributed by atoms with Gasteiger partial charge in [-0.1, -0.05) is 15.9 Å². The fourth-order valence-electron chi connectivity index (χ4n) is 2.43. The lowest BCUT2D eigenvalue weighted by Gasteiger charge is -2.30. The third-order valence-corrected chi connectivity index (χ3v) is 4.03. The Hall–Kier alpha value is -1.71. The Bertz CT molecular complexity index is 623. The summed E-state index contributed by atoms with van der Waals surface area (Å²) in [7, 11) is 1.49. The van der Waals surface area contributed by atoms with Crippen molar-refractivity contribution < 1.29 is 19.1 Å². The second-order valence-corrected chi connectivity index (χ2v) is 5.76. The molecule has 6 heteroatoms. The molecule has 1 atom stereocenters.